The molecule has 1 N–H and O–H groups in total. The Bertz CT molecular complexity index is 1070. The molecule has 10 heteroatoms. The zero-order valence-corrected chi connectivity index (χ0v) is 18.2. The molecular weight excluding hydrogens is 433 g/mol. The first-order valence-corrected chi connectivity index (χ1v) is 10.1. The predicted octanol–water partition coefficient (Wildman–Crippen LogP) is 3.95. The third-order valence-corrected chi connectivity index (χ3v) is 4.88. The van der Waals surface area contributed by atoms with Crippen molar-refractivity contribution in [3.63, 3.8) is 0 Å². The lowest BCUT2D eigenvalue weighted by Crippen LogP contribution is -2.46. The van der Waals surface area contributed by atoms with Gasteiger partial charge in [-0.3, -0.25) is 14.5 Å². The number of rotatable bonds is 3. The summed E-state index contributed by atoms with van der Waals surface area (Å²) in [5, 5.41) is 4.56. The molecule has 160 valence electrons. The minimum atomic E-state index is -0.692. The second-order valence-corrected chi connectivity index (χ2v) is 8.69. The summed E-state index contributed by atoms with van der Waals surface area (Å²) in [5.74, 6) is -0.467. The maximum absolute atomic E-state index is 12.6. The van der Waals surface area contributed by atoms with Crippen LogP contribution in [0.1, 0.15) is 39.2 Å². The standard InChI is InChI=1S/C20H21Cl2N3O5/c1-20(2,3)30-19(28)25-6-4-5-15(25)18(27)24-23-9-11-10-29-17-13(16(11)26)7-12(21)8-14(17)22/h7-10,15H,4-6H2,1-3H3,(H,24,27)/b23-9-/t15-/m0/s1. The number of hydrogen-bond donors (Lipinski definition) is 1. The van der Waals surface area contributed by atoms with Gasteiger partial charge in [-0.25, -0.2) is 10.2 Å². The van der Waals surface area contributed by atoms with Crippen molar-refractivity contribution in [2.75, 3.05) is 6.54 Å². The number of fused-ring (bicyclic) bond motifs is 1. The molecule has 1 saturated heterocycles. The number of nitrogens with zero attached hydrogens (tertiary/aromatic N) is 2. The predicted molar refractivity (Wildman–Crippen MR) is 114 cm³/mol. The molecule has 1 aliphatic rings. The molecule has 2 amide bonds. The van der Waals surface area contributed by atoms with Crippen LogP contribution in [0.3, 0.4) is 0 Å². The van der Waals surface area contributed by atoms with Crippen molar-refractivity contribution in [2.45, 2.75) is 45.3 Å². The van der Waals surface area contributed by atoms with E-state index in [0.717, 1.165) is 0 Å². The normalized spacial score (nSPS) is 17.0. The molecule has 2 heterocycles. The first-order chi connectivity index (χ1) is 14.1. The van der Waals surface area contributed by atoms with Gasteiger partial charge in [0, 0.05) is 11.6 Å². The van der Waals surface area contributed by atoms with Gasteiger partial charge in [-0.05, 0) is 45.7 Å². The Balaban J connectivity index is 1.72. The van der Waals surface area contributed by atoms with E-state index in [-0.39, 0.29) is 21.6 Å². The lowest BCUT2D eigenvalue weighted by atomic mass is 10.2. The molecule has 0 spiro atoms. The Morgan fingerprint density at radius 1 is 1.33 bits per heavy atom. The Kier molecular flexibility index (Phi) is 6.38. The van der Waals surface area contributed by atoms with Gasteiger partial charge in [0.15, 0.2) is 5.58 Å². The molecule has 0 saturated carbocycles. The number of benzene rings is 1. The fraction of sp³-hybridized carbons (Fsp3) is 0.400. The summed E-state index contributed by atoms with van der Waals surface area (Å²) in [4.78, 5) is 38.8. The number of carbonyl (C=O) groups is 2. The van der Waals surface area contributed by atoms with Crippen molar-refractivity contribution < 1.29 is 18.7 Å². The van der Waals surface area contributed by atoms with Gasteiger partial charge in [-0.2, -0.15) is 5.10 Å². The maximum atomic E-state index is 12.6. The van der Waals surface area contributed by atoms with Crippen LogP contribution < -0.4 is 10.9 Å². The molecule has 1 aromatic carbocycles. The molecular formula is C20H21Cl2N3O5. The first kappa shape index (κ1) is 22.1. The largest absolute Gasteiger partial charge is 0.462 e. The van der Waals surface area contributed by atoms with E-state index in [1.54, 1.807) is 20.8 Å². The summed E-state index contributed by atoms with van der Waals surface area (Å²) < 4.78 is 10.7. The van der Waals surface area contributed by atoms with Crippen molar-refractivity contribution in [1.29, 1.82) is 0 Å². The second-order valence-electron chi connectivity index (χ2n) is 7.85. The molecule has 1 aromatic heterocycles. The quantitative estimate of drug-likeness (QED) is 0.559. The number of likely N-dealkylation sites (tertiary alicyclic amines) is 1. The minimum Gasteiger partial charge on any atom is -0.462 e. The van der Waals surface area contributed by atoms with Crippen molar-refractivity contribution in [3.8, 4) is 0 Å². The van der Waals surface area contributed by atoms with Gasteiger partial charge in [0.2, 0.25) is 5.43 Å². The van der Waals surface area contributed by atoms with Gasteiger partial charge >= 0.3 is 6.09 Å². The van der Waals surface area contributed by atoms with Crippen LogP contribution in [-0.4, -0.2) is 41.3 Å². The third-order valence-electron chi connectivity index (χ3n) is 4.38. The number of nitrogens with one attached hydrogen (secondary N) is 1. The molecule has 30 heavy (non-hydrogen) atoms. The van der Waals surface area contributed by atoms with Crippen LogP contribution in [0.25, 0.3) is 11.0 Å². The van der Waals surface area contributed by atoms with Crippen molar-refractivity contribution in [3.05, 3.63) is 44.2 Å². The third kappa shape index (κ3) is 4.94. The molecule has 0 aliphatic carbocycles. The lowest BCUT2D eigenvalue weighted by molar-refractivity contribution is -0.125. The van der Waals surface area contributed by atoms with E-state index in [1.165, 1.54) is 29.5 Å². The van der Waals surface area contributed by atoms with Gasteiger partial charge in [0.05, 0.1) is 22.2 Å². The van der Waals surface area contributed by atoms with Crippen molar-refractivity contribution in [1.82, 2.24) is 10.3 Å². The molecule has 2 aromatic rings. The number of hydrazone groups is 1. The number of carbonyl (C=O) groups excluding carboxylic acids is 2. The zero-order valence-electron chi connectivity index (χ0n) is 16.7. The summed E-state index contributed by atoms with van der Waals surface area (Å²) in [6, 6.07) is 2.23. The summed E-state index contributed by atoms with van der Waals surface area (Å²) in [6.45, 7) is 5.70. The minimum absolute atomic E-state index is 0.108. The molecule has 3 rings (SSSR count). The van der Waals surface area contributed by atoms with Gasteiger partial charge in [-0.15, -0.1) is 0 Å². The molecule has 8 nitrogen and oxygen atoms in total. The van der Waals surface area contributed by atoms with E-state index >= 15 is 0 Å². The van der Waals surface area contributed by atoms with Gasteiger partial charge in [0.1, 0.15) is 17.9 Å². The Labute approximate surface area is 182 Å². The zero-order chi connectivity index (χ0) is 22.1. The van der Waals surface area contributed by atoms with Crippen LogP contribution in [0.4, 0.5) is 4.79 Å². The van der Waals surface area contributed by atoms with Crippen LogP contribution in [0.15, 0.2) is 32.7 Å². The number of hydrogen-bond acceptors (Lipinski definition) is 6. The highest BCUT2D eigenvalue weighted by atomic mass is 35.5. The fourth-order valence-corrected chi connectivity index (χ4v) is 3.63. The Hall–Kier alpha value is -2.58. The Morgan fingerprint density at radius 3 is 2.77 bits per heavy atom. The van der Waals surface area contributed by atoms with E-state index in [1.807, 2.05) is 0 Å². The molecule has 1 fully saturated rings. The SMILES string of the molecule is CC(C)(C)OC(=O)N1CCC[C@H]1C(=O)N/N=C\c1coc2c(Cl)cc(Cl)cc2c1=O. The Morgan fingerprint density at radius 2 is 2.07 bits per heavy atom. The fourth-order valence-electron chi connectivity index (χ4n) is 3.09. The van der Waals surface area contributed by atoms with Gasteiger partial charge in [-0.1, -0.05) is 23.2 Å². The maximum Gasteiger partial charge on any atom is 0.410 e. The number of ether oxygens (including phenoxy) is 1. The van der Waals surface area contributed by atoms with Crippen LogP contribution in [0.5, 0.6) is 0 Å². The number of amides is 2. The monoisotopic (exact) mass is 453 g/mol. The average molecular weight is 454 g/mol. The summed E-state index contributed by atoms with van der Waals surface area (Å²) in [6.07, 6.45) is 2.99. The van der Waals surface area contributed by atoms with E-state index in [2.05, 4.69) is 10.5 Å². The summed E-state index contributed by atoms with van der Waals surface area (Å²) in [7, 11) is 0. The average Bonchev–Trinajstić information content (AvgIpc) is 3.12. The second kappa shape index (κ2) is 8.65. The highest BCUT2D eigenvalue weighted by molar-refractivity contribution is 6.38. The lowest BCUT2D eigenvalue weighted by Gasteiger charge is -2.27. The van der Waals surface area contributed by atoms with Crippen molar-refractivity contribution >= 4 is 52.4 Å². The molecule has 0 radical (unpaired) electrons. The highest BCUT2D eigenvalue weighted by Crippen LogP contribution is 2.26. The topological polar surface area (TPSA) is 101 Å². The molecule has 0 bridgehead atoms. The van der Waals surface area contributed by atoms with Crippen molar-refractivity contribution in [2.24, 2.45) is 5.10 Å². The molecule has 1 atom stereocenters. The smallest absolute Gasteiger partial charge is 0.410 e. The highest BCUT2D eigenvalue weighted by Gasteiger charge is 2.36. The van der Waals surface area contributed by atoms with Crippen LogP contribution >= 0.6 is 23.2 Å². The summed E-state index contributed by atoms with van der Waals surface area (Å²) in [5.41, 5.74) is 1.64. The molecule has 0 unspecified atom stereocenters. The van der Waals surface area contributed by atoms with E-state index in [9.17, 15) is 14.4 Å². The number of halogens is 2. The molecule has 1 aliphatic heterocycles. The van der Waals surface area contributed by atoms with Crippen LogP contribution in [0, 0.1) is 0 Å². The van der Waals surface area contributed by atoms with E-state index in [0.29, 0.717) is 24.4 Å². The summed E-state index contributed by atoms with van der Waals surface area (Å²) >= 11 is 12.0. The van der Waals surface area contributed by atoms with Gasteiger partial charge in [0.25, 0.3) is 5.91 Å². The van der Waals surface area contributed by atoms with E-state index < -0.39 is 29.1 Å². The van der Waals surface area contributed by atoms with Crippen LogP contribution in [-0.2, 0) is 9.53 Å². The van der Waals surface area contributed by atoms with Crippen LogP contribution in [0.2, 0.25) is 10.0 Å². The van der Waals surface area contributed by atoms with E-state index in [4.69, 9.17) is 32.4 Å². The van der Waals surface area contributed by atoms with Gasteiger partial charge < -0.3 is 9.15 Å². The first-order valence-electron chi connectivity index (χ1n) is 9.30.